The van der Waals surface area contributed by atoms with E-state index in [-0.39, 0.29) is 23.8 Å². The summed E-state index contributed by atoms with van der Waals surface area (Å²) in [7, 11) is 0. The molecule has 2 aliphatic heterocycles. The third-order valence-electron chi connectivity index (χ3n) is 5.87. The van der Waals surface area contributed by atoms with Crippen LogP contribution in [0.1, 0.15) is 47.7 Å². The van der Waals surface area contributed by atoms with Crippen molar-refractivity contribution in [3.8, 4) is 0 Å². The number of nitrogens with one attached hydrogen (secondary N) is 1. The summed E-state index contributed by atoms with van der Waals surface area (Å²) in [5, 5.41) is 12.2. The molecular formula is C21H31N5O2S. The highest BCUT2D eigenvalue weighted by Crippen LogP contribution is 2.25. The van der Waals surface area contributed by atoms with Crippen LogP contribution in [0.4, 0.5) is 0 Å². The summed E-state index contributed by atoms with van der Waals surface area (Å²) in [4.78, 5) is 17.9. The van der Waals surface area contributed by atoms with Crippen LogP contribution < -0.4 is 5.32 Å². The van der Waals surface area contributed by atoms with Gasteiger partial charge in [0, 0.05) is 49.0 Å². The lowest BCUT2D eigenvalue weighted by atomic mass is 10.0. The molecule has 0 unspecified atom stereocenters. The van der Waals surface area contributed by atoms with Crippen molar-refractivity contribution in [2.75, 3.05) is 26.3 Å². The molecule has 1 fully saturated rings. The fourth-order valence-corrected chi connectivity index (χ4v) is 5.04. The normalized spacial score (nSPS) is 21.2. The highest BCUT2D eigenvalue weighted by atomic mass is 32.1. The summed E-state index contributed by atoms with van der Waals surface area (Å²) in [5.41, 5.74) is 0. The Balaban J connectivity index is 1.46. The fourth-order valence-electron chi connectivity index (χ4n) is 4.11. The Morgan fingerprint density at radius 2 is 2.17 bits per heavy atom. The maximum Gasteiger partial charge on any atom is 0.226 e. The largest absolute Gasteiger partial charge is 0.381 e. The smallest absolute Gasteiger partial charge is 0.226 e. The highest BCUT2D eigenvalue weighted by Gasteiger charge is 2.31. The number of carbonyl (C=O) groups excluding carboxylic acids is 1. The minimum atomic E-state index is -0.129. The van der Waals surface area contributed by atoms with Crippen molar-refractivity contribution < 1.29 is 9.53 Å². The van der Waals surface area contributed by atoms with Crippen molar-refractivity contribution in [3.05, 3.63) is 33.5 Å². The Hall–Kier alpha value is -1.77. The molecule has 1 saturated heterocycles. The Labute approximate surface area is 176 Å². The van der Waals surface area contributed by atoms with Crippen LogP contribution in [0.5, 0.6) is 0 Å². The molecule has 29 heavy (non-hydrogen) atoms. The molecule has 0 radical (unpaired) electrons. The van der Waals surface area contributed by atoms with E-state index < -0.39 is 0 Å². The second-order valence-corrected chi connectivity index (χ2v) is 9.83. The van der Waals surface area contributed by atoms with Gasteiger partial charge >= 0.3 is 0 Å². The van der Waals surface area contributed by atoms with E-state index >= 15 is 0 Å². The van der Waals surface area contributed by atoms with Gasteiger partial charge in [-0.1, -0.05) is 13.8 Å². The second kappa shape index (κ2) is 8.93. The molecule has 1 N–H and O–H groups in total. The van der Waals surface area contributed by atoms with Gasteiger partial charge in [-0.15, -0.1) is 21.5 Å². The lowest BCUT2D eigenvalue weighted by Gasteiger charge is -2.24. The standard InChI is InChI=1S/C21H31N5O2S/c1-14(2)19(22-21(27)16-7-11-28-13-16)20-24-23-18-6-8-25(9-10-26(18)20)12-17-5-4-15(3)29-17/h4-5,14,16,19H,6-13H2,1-3H3,(H,22,27)/t16-,19+/m1/s1. The zero-order valence-electron chi connectivity index (χ0n) is 17.6. The molecule has 7 nitrogen and oxygen atoms in total. The molecule has 0 saturated carbocycles. The van der Waals surface area contributed by atoms with Crippen LogP contribution in [0.15, 0.2) is 12.1 Å². The first-order chi connectivity index (χ1) is 14.0. The molecule has 4 rings (SSSR count). The van der Waals surface area contributed by atoms with Crippen LogP contribution in [-0.4, -0.2) is 51.9 Å². The summed E-state index contributed by atoms with van der Waals surface area (Å²) in [6.45, 7) is 11.4. The number of rotatable bonds is 6. The third-order valence-corrected chi connectivity index (χ3v) is 6.85. The van der Waals surface area contributed by atoms with Gasteiger partial charge in [0.05, 0.1) is 18.6 Å². The molecule has 2 atom stereocenters. The van der Waals surface area contributed by atoms with Crippen LogP contribution in [0.3, 0.4) is 0 Å². The third kappa shape index (κ3) is 4.70. The molecule has 4 heterocycles. The van der Waals surface area contributed by atoms with Crippen molar-refractivity contribution in [1.29, 1.82) is 0 Å². The van der Waals surface area contributed by atoms with Crippen LogP contribution >= 0.6 is 11.3 Å². The molecule has 0 aliphatic carbocycles. The van der Waals surface area contributed by atoms with Gasteiger partial charge in [-0.2, -0.15) is 0 Å². The van der Waals surface area contributed by atoms with E-state index in [0.29, 0.717) is 13.2 Å². The van der Waals surface area contributed by atoms with Crippen LogP contribution in [-0.2, 0) is 29.0 Å². The maximum absolute atomic E-state index is 12.7. The van der Waals surface area contributed by atoms with Gasteiger partial charge in [0.15, 0.2) is 5.82 Å². The minimum absolute atomic E-state index is 0.0486. The summed E-state index contributed by atoms with van der Waals surface area (Å²) in [6, 6.07) is 4.29. The van der Waals surface area contributed by atoms with Crippen molar-refractivity contribution >= 4 is 17.2 Å². The Morgan fingerprint density at radius 1 is 1.31 bits per heavy atom. The first-order valence-corrected chi connectivity index (χ1v) is 11.4. The van der Waals surface area contributed by atoms with Crippen molar-refractivity contribution in [1.82, 2.24) is 25.0 Å². The summed E-state index contributed by atoms with van der Waals surface area (Å²) in [6.07, 6.45) is 1.68. The quantitative estimate of drug-likeness (QED) is 0.782. The van der Waals surface area contributed by atoms with E-state index in [9.17, 15) is 4.79 Å². The number of carbonyl (C=O) groups is 1. The zero-order chi connectivity index (χ0) is 20.4. The molecule has 2 aliphatic rings. The lowest BCUT2D eigenvalue weighted by molar-refractivity contribution is -0.126. The van der Waals surface area contributed by atoms with Gasteiger partial charge < -0.3 is 14.6 Å². The minimum Gasteiger partial charge on any atom is -0.381 e. The van der Waals surface area contributed by atoms with Crippen LogP contribution in [0, 0.1) is 18.8 Å². The SMILES string of the molecule is Cc1ccc(CN2CCc3nnc([C@@H](NC(=O)[C@@H]4CCOC4)C(C)C)n3CC2)s1. The summed E-state index contributed by atoms with van der Waals surface area (Å²) in [5.74, 6) is 2.17. The molecule has 2 aromatic rings. The first kappa shape index (κ1) is 20.5. The number of ether oxygens (including phenoxy) is 1. The zero-order valence-corrected chi connectivity index (χ0v) is 18.4. The number of hydrogen-bond acceptors (Lipinski definition) is 6. The van der Waals surface area contributed by atoms with E-state index in [1.165, 1.54) is 9.75 Å². The predicted octanol–water partition coefficient (Wildman–Crippen LogP) is 2.56. The molecule has 1 amide bonds. The molecule has 2 aromatic heterocycles. The van der Waals surface area contributed by atoms with Crippen LogP contribution in [0.25, 0.3) is 0 Å². The van der Waals surface area contributed by atoms with Crippen molar-refractivity contribution in [2.45, 2.75) is 52.7 Å². The number of nitrogens with zero attached hydrogens (tertiary/aromatic N) is 4. The van der Waals surface area contributed by atoms with E-state index in [1.807, 2.05) is 11.3 Å². The molecule has 0 aromatic carbocycles. The van der Waals surface area contributed by atoms with E-state index in [0.717, 1.165) is 50.7 Å². The van der Waals surface area contributed by atoms with Gasteiger partial charge in [0.25, 0.3) is 0 Å². The second-order valence-electron chi connectivity index (χ2n) is 8.46. The maximum atomic E-state index is 12.7. The van der Waals surface area contributed by atoms with Crippen molar-refractivity contribution in [2.24, 2.45) is 11.8 Å². The topological polar surface area (TPSA) is 72.3 Å². The number of thiophene rings is 1. The van der Waals surface area contributed by atoms with E-state index in [2.05, 4.69) is 57.9 Å². The van der Waals surface area contributed by atoms with Gasteiger partial charge in [0.2, 0.25) is 5.91 Å². The van der Waals surface area contributed by atoms with E-state index in [1.54, 1.807) is 0 Å². The first-order valence-electron chi connectivity index (χ1n) is 10.6. The highest BCUT2D eigenvalue weighted by molar-refractivity contribution is 7.11. The predicted molar refractivity (Wildman–Crippen MR) is 113 cm³/mol. The summed E-state index contributed by atoms with van der Waals surface area (Å²) >= 11 is 1.87. The Kier molecular flexibility index (Phi) is 6.32. The number of fused-ring (bicyclic) bond motifs is 1. The lowest BCUT2D eigenvalue weighted by Crippen LogP contribution is -2.38. The molecule has 0 spiro atoms. The fraction of sp³-hybridized carbons (Fsp3) is 0.667. The van der Waals surface area contributed by atoms with Gasteiger partial charge in [0.1, 0.15) is 5.82 Å². The molecule has 158 valence electrons. The van der Waals surface area contributed by atoms with Crippen molar-refractivity contribution in [3.63, 3.8) is 0 Å². The van der Waals surface area contributed by atoms with Gasteiger partial charge in [-0.05, 0) is 31.4 Å². The summed E-state index contributed by atoms with van der Waals surface area (Å²) < 4.78 is 7.61. The molecule has 0 bridgehead atoms. The molecule has 8 heteroatoms. The number of hydrogen-bond donors (Lipinski definition) is 1. The number of aryl methyl sites for hydroxylation is 1. The average Bonchev–Trinajstić information content (AvgIpc) is 3.41. The average molecular weight is 418 g/mol. The van der Waals surface area contributed by atoms with Gasteiger partial charge in [-0.3, -0.25) is 9.69 Å². The number of aromatic nitrogens is 3. The van der Waals surface area contributed by atoms with E-state index in [4.69, 9.17) is 4.74 Å². The van der Waals surface area contributed by atoms with Crippen LogP contribution in [0.2, 0.25) is 0 Å². The molecular weight excluding hydrogens is 386 g/mol. The number of amides is 1. The van der Waals surface area contributed by atoms with Gasteiger partial charge in [-0.25, -0.2) is 0 Å². The monoisotopic (exact) mass is 417 g/mol. The Bertz CT molecular complexity index is 840. The Morgan fingerprint density at radius 3 is 2.86 bits per heavy atom.